The summed E-state index contributed by atoms with van der Waals surface area (Å²) in [6.07, 6.45) is 1.07. The molecule has 0 saturated heterocycles. The first kappa shape index (κ1) is 13.4. The van der Waals surface area contributed by atoms with E-state index in [0.29, 0.717) is 17.2 Å². The van der Waals surface area contributed by atoms with Gasteiger partial charge in [-0.05, 0) is 38.5 Å². The molecule has 1 rings (SSSR count). The van der Waals surface area contributed by atoms with Crippen LogP contribution in [0.4, 0.5) is 0 Å². The van der Waals surface area contributed by atoms with Crippen LogP contribution in [0, 0.1) is 0 Å². The van der Waals surface area contributed by atoms with E-state index in [9.17, 15) is 0 Å². The largest absolute Gasteiger partial charge is 0.493 e. The van der Waals surface area contributed by atoms with Crippen LogP contribution in [0.2, 0.25) is 0 Å². The van der Waals surface area contributed by atoms with Gasteiger partial charge in [-0.25, -0.2) is 0 Å². The summed E-state index contributed by atoms with van der Waals surface area (Å²) in [6.45, 7) is 5.80. The van der Waals surface area contributed by atoms with Crippen LogP contribution < -0.4 is 9.47 Å². The van der Waals surface area contributed by atoms with Crippen molar-refractivity contribution < 1.29 is 14.7 Å². The predicted molar refractivity (Wildman–Crippen MR) is 67.4 cm³/mol. The number of oxime groups is 1. The molecule has 0 aliphatic heterocycles. The van der Waals surface area contributed by atoms with E-state index in [-0.39, 0.29) is 6.10 Å². The Bertz CT molecular complexity index is 402. The number of nitrogens with zero attached hydrogens (tertiary/aromatic N) is 1. The van der Waals surface area contributed by atoms with E-state index >= 15 is 0 Å². The Balaban J connectivity index is 3.01. The van der Waals surface area contributed by atoms with E-state index in [1.165, 1.54) is 0 Å². The fourth-order valence-corrected chi connectivity index (χ4v) is 1.35. The van der Waals surface area contributed by atoms with E-state index in [2.05, 4.69) is 12.1 Å². The van der Waals surface area contributed by atoms with E-state index in [1.807, 2.05) is 19.1 Å². The van der Waals surface area contributed by atoms with Gasteiger partial charge in [-0.2, -0.15) is 0 Å². The van der Waals surface area contributed by atoms with Crippen molar-refractivity contribution in [3.05, 3.63) is 23.8 Å². The third-order valence-corrected chi connectivity index (χ3v) is 2.63. The van der Waals surface area contributed by atoms with Crippen molar-refractivity contribution in [1.82, 2.24) is 0 Å². The molecule has 1 N–H and O–H groups in total. The summed E-state index contributed by atoms with van der Waals surface area (Å²) in [5.74, 6) is 1.35. The van der Waals surface area contributed by atoms with Gasteiger partial charge >= 0.3 is 0 Å². The molecule has 0 saturated carbocycles. The summed E-state index contributed by atoms with van der Waals surface area (Å²) in [7, 11) is 1.59. The highest BCUT2D eigenvalue weighted by Gasteiger charge is 2.10. The summed E-state index contributed by atoms with van der Waals surface area (Å²) in [5.41, 5.74) is 1.35. The Hall–Kier alpha value is -1.71. The van der Waals surface area contributed by atoms with Gasteiger partial charge in [0.1, 0.15) is 0 Å². The molecule has 0 aromatic heterocycles. The number of rotatable bonds is 5. The maximum atomic E-state index is 8.72. The Kier molecular flexibility index (Phi) is 4.82. The number of benzene rings is 1. The molecule has 0 aliphatic carbocycles. The molecule has 17 heavy (non-hydrogen) atoms. The number of hydrogen-bond acceptors (Lipinski definition) is 4. The fraction of sp³-hybridized carbons (Fsp3) is 0.462. The summed E-state index contributed by atoms with van der Waals surface area (Å²) >= 11 is 0. The SMILES string of the molecule is CCC(C)Oc1ccc(/C(C)=N/O)cc1OC. The molecule has 0 radical (unpaired) electrons. The highest BCUT2D eigenvalue weighted by Crippen LogP contribution is 2.29. The molecule has 0 heterocycles. The lowest BCUT2D eigenvalue weighted by Gasteiger charge is -2.16. The summed E-state index contributed by atoms with van der Waals surface area (Å²) in [4.78, 5) is 0. The maximum absolute atomic E-state index is 8.72. The van der Waals surface area contributed by atoms with Crippen molar-refractivity contribution in [2.24, 2.45) is 5.16 Å². The smallest absolute Gasteiger partial charge is 0.161 e. The van der Waals surface area contributed by atoms with Crippen LogP contribution in [0.25, 0.3) is 0 Å². The lowest BCUT2D eigenvalue weighted by Crippen LogP contribution is -2.10. The van der Waals surface area contributed by atoms with Crippen LogP contribution in [0.5, 0.6) is 11.5 Å². The number of hydrogen-bond donors (Lipinski definition) is 1. The molecule has 0 aliphatic rings. The lowest BCUT2D eigenvalue weighted by molar-refractivity contribution is 0.207. The van der Waals surface area contributed by atoms with E-state index < -0.39 is 0 Å². The molecular formula is C13H19NO3. The molecule has 0 fully saturated rings. The zero-order valence-corrected chi connectivity index (χ0v) is 10.7. The average molecular weight is 237 g/mol. The summed E-state index contributed by atoms with van der Waals surface area (Å²) in [6, 6.07) is 5.47. The van der Waals surface area contributed by atoms with Gasteiger partial charge in [0.2, 0.25) is 0 Å². The minimum Gasteiger partial charge on any atom is -0.493 e. The molecule has 94 valence electrons. The summed E-state index contributed by atoms with van der Waals surface area (Å²) in [5, 5.41) is 11.9. The van der Waals surface area contributed by atoms with E-state index in [1.54, 1.807) is 20.1 Å². The van der Waals surface area contributed by atoms with Crippen molar-refractivity contribution in [3.8, 4) is 11.5 Å². The van der Waals surface area contributed by atoms with Crippen LogP contribution in [0.15, 0.2) is 23.4 Å². The molecule has 1 aromatic rings. The fourth-order valence-electron chi connectivity index (χ4n) is 1.35. The molecular weight excluding hydrogens is 218 g/mol. The zero-order valence-electron chi connectivity index (χ0n) is 10.7. The molecule has 0 spiro atoms. The van der Waals surface area contributed by atoms with Crippen molar-refractivity contribution in [1.29, 1.82) is 0 Å². The zero-order chi connectivity index (χ0) is 12.8. The third-order valence-electron chi connectivity index (χ3n) is 2.63. The maximum Gasteiger partial charge on any atom is 0.161 e. The van der Waals surface area contributed by atoms with Gasteiger partial charge in [-0.15, -0.1) is 0 Å². The van der Waals surface area contributed by atoms with Gasteiger partial charge in [0.05, 0.1) is 18.9 Å². The minimum atomic E-state index is 0.141. The number of ether oxygens (including phenoxy) is 2. The first-order valence-electron chi connectivity index (χ1n) is 5.66. The standard InChI is InChI=1S/C13H19NO3/c1-5-9(2)17-12-7-6-11(10(3)14-15)8-13(12)16-4/h6-9,15H,5H2,1-4H3/b14-10+. The second-order valence-corrected chi connectivity index (χ2v) is 3.89. The molecule has 1 atom stereocenters. The first-order chi connectivity index (χ1) is 8.12. The molecule has 0 bridgehead atoms. The van der Waals surface area contributed by atoms with Gasteiger partial charge in [0.15, 0.2) is 11.5 Å². The Morgan fingerprint density at radius 3 is 2.65 bits per heavy atom. The first-order valence-corrected chi connectivity index (χ1v) is 5.66. The van der Waals surface area contributed by atoms with Crippen LogP contribution in [0.3, 0.4) is 0 Å². The normalized spacial score (nSPS) is 13.3. The van der Waals surface area contributed by atoms with Crippen LogP contribution in [-0.2, 0) is 0 Å². The van der Waals surface area contributed by atoms with E-state index in [4.69, 9.17) is 14.7 Å². The highest BCUT2D eigenvalue weighted by molar-refractivity contribution is 5.98. The minimum absolute atomic E-state index is 0.141. The van der Waals surface area contributed by atoms with Crippen LogP contribution in [0.1, 0.15) is 32.8 Å². The van der Waals surface area contributed by atoms with Crippen molar-refractivity contribution >= 4 is 5.71 Å². The Morgan fingerprint density at radius 1 is 1.41 bits per heavy atom. The van der Waals surface area contributed by atoms with Gasteiger partial charge in [0, 0.05) is 5.56 Å². The third kappa shape index (κ3) is 3.37. The molecule has 4 heteroatoms. The van der Waals surface area contributed by atoms with Gasteiger partial charge < -0.3 is 14.7 Å². The van der Waals surface area contributed by atoms with E-state index in [0.717, 1.165) is 12.0 Å². The summed E-state index contributed by atoms with van der Waals surface area (Å²) < 4.78 is 11.0. The van der Waals surface area contributed by atoms with Crippen molar-refractivity contribution in [2.45, 2.75) is 33.3 Å². The van der Waals surface area contributed by atoms with Gasteiger partial charge in [-0.3, -0.25) is 0 Å². The van der Waals surface area contributed by atoms with Crippen molar-refractivity contribution in [2.75, 3.05) is 7.11 Å². The quantitative estimate of drug-likeness (QED) is 0.486. The van der Waals surface area contributed by atoms with Crippen molar-refractivity contribution in [3.63, 3.8) is 0 Å². The van der Waals surface area contributed by atoms with Gasteiger partial charge in [-0.1, -0.05) is 12.1 Å². The Morgan fingerprint density at radius 2 is 2.12 bits per heavy atom. The van der Waals surface area contributed by atoms with Gasteiger partial charge in [0.25, 0.3) is 0 Å². The van der Waals surface area contributed by atoms with Crippen LogP contribution in [-0.4, -0.2) is 24.1 Å². The van der Waals surface area contributed by atoms with Crippen LogP contribution >= 0.6 is 0 Å². The molecule has 0 amide bonds. The number of methoxy groups -OCH3 is 1. The predicted octanol–water partition coefficient (Wildman–Crippen LogP) is 3.07. The monoisotopic (exact) mass is 237 g/mol. The molecule has 1 unspecified atom stereocenters. The lowest BCUT2D eigenvalue weighted by atomic mass is 10.1. The molecule has 1 aromatic carbocycles. The highest BCUT2D eigenvalue weighted by atomic mass is 16.5. The average Bonchev–Trinajstić information content (AvgIpc) is 2.37. The topological polar surface area (TPSA) is 51.0 Å². The molecule has 4 nitrogen and oxygen atoms in total. The Labute approximate surface area is 102 Å². The second kappa shape index (κ2) is 6.13. The second-order valence-electron chi connectivity index (χ2n) is 3.89.